The summed E-state index contributed by atoms with van der Waals surface area (Å²) in [5.41, 5.74) is 0.786. The van der Waals surface area contributed by atoms with Crippen LogP contribution in [0.4, 0.5) is 4.79 Å². The van der Waals surface area contributed by atoms with Gasteiger partial charge < -0.3 is 9.80 Å². The first-order chi connectivity index (χ1) is 12.0. The van der Waals surface area contributed by atoms with Crippen LogP contribution >= 0.6 is 0 Å². The first kappa shape index (κ1) is 17.9. The van der Waals surface area contributed by atoms with Crippen LogP contribution in [0.1, 0.15) is 44.6 Å². The van der Waals surface area contributed by atoms with Crippen molar-refractivity contribution in [2.24, 2.45) is 0 Å². The zero-order valence-electron chi connectivity index (χ0n) is 15.6. The second-order valence-electron chi connectivity index (χ2n) is 7.36. The van der Waals surface area contributed by atoms with Crippen molar-refractivity contribution >= 4 is 11.9 Å². The molecule has 1 aromatic rings. The van der Waals surface area contributed by atoms with E-state index in [0.29, 0.717) is 12.5 Å². The molecule has 0 aliphatic carbocycles. The van der Waals surface area contributed by atoms with E-state index < -0.39 is 5.54 Å². The number of likely N-dealkylation sites (N-methyl/N-ethyl adjacent to an activating group) is 2. The maximum atomic E-state index is 12.7. The molecule has 1 aromatic carbocycles. The molecule has 5 heteroatoms. The maximum Gasteiger partial charge on any atom is 0.327 e. The average molecular weight is 343 g/mol. The molecular weight excluding hydrogens is 314 g/mol. The SMILES string of the molecule is CCN1C(=O)N(C)C(=O)C12CCN(CCC(C)c1ccccc1)CC2. The average Bonchev–Trinajstić information content (AvgIpc) is 2.82. The van der Waals surface area contributed by atoms with Gasteiger partial charge in [0.25, 0.3) is 5.91 Å². The van der Waals surface area contributed by atoms with Crippen LogP contribution in [0.5, 0.6) is 0 Å². The summed E-state index contributed by atoms with van der Waals surface area (Å²) in [4.78, 5) is 30.5. The van der Waals surface area contributed by atoms with E-state index in [-0.39, 0.29) is 11.9 Å². The predicted octanol–water partition coefficient (Wildman–Crippen LogP) is 2.93. The number of amides is 3. The van der Waals surface area contributed by atoms with Gasteiger partial charge in [-0.25, -0.2) is 4.79 Å². The smallest absolute Gasteiger partial charge is 0.310 e. The summed E-state index contributed by atoms with van der Waals surface area (Å²) < 4.78 is 0. The first-order valence-corrected chi connectivity index (χ1v) is 9.36. The Morgan fingerprint density at radius 1 is 1.12 bits per heavy atom. The van der Waals surface area contributed by atoms with Gasteiger partial charge in [-0.1, -0.05) is 37.3 Å². The molecule has 0 aromatic heterocycles. The van der Waals surface area contributed by atoms with Crippen molar-refractivity contribution in [2.45, 2.75) is 44.6 Å². The molecule has 1 spiro atoms. The van der Waals surface area contributed by atoms with E-state index in [0.717, 1.165) is 38.9 Å². The molecule has 2 aliphatic rings. The minimum absolute atomic E-state index is 0.0170. The molecule has 0 N–H and O–H groups in total. The highest BCUT2D eigenvalue weighted by Gasteiger charge is 2.56. The highest BCUT2D eigenvalue weighted by atomic mass is 16.2. The molecule has 2 aliphatic heterocycles. The van der Waals surface area contributed by atoms with Crippen LogP contribution in [0.15, 0.2) is 30.3 Å². The van der Waals surface area contributed by atoms with Crippen LogP contribution in [0.3, 0.4) is 0 Å². The highest BCUT2D eigenvalue weighted by Crippen LogP contribution is 2.36. The van der Waals surface area contributed by atoms with E-state index in [4.69, 9.17) is 0 Å². The Balaban J connectivity index is 1.57. The number of piperidine rings is 1. The molecule has 136 valence electrons. The van der Waals surface area contributed by atoms with E-state index in [1.54, 1.807) is 11.9 Å². The zero-order valence-corrected chi connectivity index (χ0v) is 15.6. The van der Waals surface area contributed by atoms with Gasteiger partial charge in [0.1, 0.15) is 5.54 Å². The molecule has 3 rings (SSSR count). The van der Waals surface area contributed by atoms with Gasteiger partial charge in [0.05, 0.1) is 0 Å². The molecule has 1 unspecified atom stereocenters. The Labute approximate surface area is 150 Å². The lowest BCUT2D eigenvalue weighted by molar-refractivity contribution is -0.134. The van der Waals surface area contributed by atoms with Crippen molar-refractivity contribution in [3.05, 3.63) is 35.9 Å². The molecule has 1 atom stereocenters. The predicted molar refractivity (Wildman–Crippen MR) is 98.4 cm³/mol. The summed E-state index contributed by atoms with van der Waals surface area (Å²) in [6.07, 6.45) is 2.60. The van der Waals surface area contributed by atoms with Gasteiger partial charge in [-0.15, -0.1) is 0 Å². The van der Waals surface area contributed by atoms with Crippen molar-refractivity contribution in [2.75, 3.05) is 33.2 Å². The number of benzene rings is 1. The molecular formula is C20H29N3O2. The van der Waals surface area contributed by atoms with Crippen LogP contribution in [-0.2, 0) is 4.79 Å². The van der Waals surface area contributed by atoms with E-state index in [1.807, 2.05) is 6.92 Å². The van der Waals surface area contributed by atoms with Gasteiger partial charge in [0.2, 0.25) is 0 Å². The minimum Gasteiger partial charge on any atom is -0.310 e. The summed E-state index contributed by atoms with van der Waals surface area (Å²) >= 11 is 0. The Bertz CT molecular complexity index is 623. The number of urea groups is 1. The lowest BCUT2D eigenvalue weighted by Crippen LogP contribution is -2.56. The van der Waals surface area contributed by atoms with Crippen LogP contribution in [0.2, 0.25) is 0 Å². The summed E-state index contributed by atoms with van der Waals surface area (Å²) in [5, 5.41) is 0. The third-order valence-corrected chi connectivity index (χ3v) is 5.98. The van der Waals surface area contributed by atoms with Crippen LogP contribution < -0.4 is 0 Å². The standard InChI is InChI=1S/C20H29N3O2/c1-4-23-19(25)21(3)18(24)20(23)11-14-22(15-12-20)13-10-16(2)17-8-6-5-7-9-17/h5-9,16H,4,10-15H2,1-3H3. The second kappa shape index (κ2) is 7.16. The highest BCUT2D eigenvalue weighted by molar-refractivity contribution is 6.06. The minimum atomic E-state index is -0.595. The molecule has 0 radical (unpaired) electrons. The first-order valence-electron chi connectivity index (χ1n) is 9.36. The third kappa shape index (κ3) is 3.17. The number of rotatable bonds is 5. The number of carbonyl (C=O) groups is 2. The topological polar surface area (TPSA) is 43.9 Å². The van der Waals surface area contributed by atoms with Crippen LogP contribution in [-0.4, -0.2) is 65.4 Å². The lowest BCUT2D eigenvalue weighted by Gasteiger charge is -2.42. The zero-order chi connectivity index (χ0) is 18.0. The number of hydrogen-bond donors (Lipinski definition) is 0. The Hall–Kier alpha value is -1.88. The molecule has 3 amide bonds. The summed E-state index contributed by atoms with van der Waals surface area (Å²) in [6, 6.07) is 10.5. The van der Waals surface area contributed by atoms with E-state index in [1.165, 1.54) is 10.5 Å². The van der Waals surface area contributed by atoms with E-state index in [2.05, 4.69) is 42.2 Å². The normalized spacial score (nSPS) is 22.0. The lowest BCUT2D eigenvalue weighted by atomic mass is 9.85. The van der Waals surface area contributed by atoms with Crippen LogP contribution in [0, 0.1) is 0 Å². The molecule has 2 saturated heterocycles. The van der Waals surface area contributed by atoms with Crippen molar-refractivity contribution < 1.29 is 9.59 Å². The molecule has 0 saturated carbocycles. The van der Waals surface area contributed by atoms with Gasteiger partial charge in [0.15, 0.2) is 0 Å². The Kier molecular flexibility index (Phi) is 5.13. The third-order valence-electron chi connectivity index (χ3n) is 5.98. The fourth-order valence-electron chi connectivity index (χ4n) is 4.27. The van der Waals surface area contributed by atoms with Gasteiger partial charge in [0, 0.05) is 26.7 Å². The number of imide groups is 1. The van der Waals surface area contributed by atoms with Crippen LogP contribution in [0.25, 0.3) is 0 Å². The van der Waals surface area contributed by atoms with Crippen molar-refractivity contribution in [1.82, 2.24) is 14.7 Å². The van der Waals surface area contributed by atoms with E-state index >= 15 is 0 Å². The summed E-state index contributed by atoms with van der Waals surface area (Å²) in [6.45, 7) is 7.62. The van der Waals surface area contributed by atoms with Gasteiger partial charge in [-0.3, -0.25) is 9.69 Å². The number of likely N-dealkylation sites (tertiary alicyclic amines) is 1. The summed E-state index contributed by atoms with van der Waals surface area (Å²) in [7, 11) is 1.61. The molecule has 25 heavy (non-hydrogen) atoms. The Morgan fingerprint density at radius 3 is 2.36 bits per heavy atom. The number of carbonyl (C=O) groups excluding carboxylic acids is 2. The van der Waals surface area contributed by atoms with Gasteiger partial charge in [-0.2, -0.15) is 0 Å². The van der Waals surface area contributed by atoms with Crippen molar-refractivity contribution in [3.8, 4) is 0 Å². The van der Waals surface area contributed by atoms with Crippen molar-refractivity contribution in [1.29, 1.82) is 0 Å². The fourth-order valence-corrected chi connectivity index (χ4v) is 4.27. The number of nitrogens with zero attached hydrogens (tertiary/aromatic N) is 3. The van der Waals surface area contributed by atoms with Gasteiger partial charge in [-0.05, 0) is 44.2 Å². The quantitative estimate of drug-likeness (QED) is 0.772. The largest absolute Gasteiger partial charge is 0.327 e. The van der Waals surface area contributed by atoms with Gasteiger partial charge >= 0.3 is 6.03 Å². The molecule has 2 fully saturated rings. The molecule has 2 heterocycles. The maximum absolute atomic E-state index is 12.7. The Morgan fingerprint density at radius 2 is 1.76 bits per heavy atom. The fraction of sp³-hybridized carbons (Fsp3) is 0.600. The van der Waals surface area contributed by atoms with E-state index in [9.17, 15) is 9.59 Å². The molecule has 0 bridgehead atoms. The summed E-state index contributed by atoms with van der Waals surface area (Å²) in [5.74, 6) is 0.515. The van der Waals surface area contributed by atoms with Crippen molar-refractivity contribution in [3.63, 3.8) is 0 Å². The second-order valence-corrected chi connectivity index (χ2v) is 7.36. The number of hydrogen-bond acceptors (Lipinski definition) is 3. The monoisotopic (exact) mass is 343 g/mol. The molecule has 5 nitrogen and oxygen atoms in total.